The molecule has 0 aromatic heterocycles. The predicted molar refractivity (Wildman–Crippen MR) is 43.6 cm³/mol. The molecule has 2 heteroatoms. The molecule has 56 valence electrons. The second-order valence-corrected chi connectivity index (χ2v) is 2.25. The van der Waals surface area contributed by atoms with Crippen molar-refractivity contribution in [2.45, 2.75) is 13.3 Å². The van der Waals surface area contributed by atoms with Crippen molar-refractivity contribution in [1.82, 2.24) is 0 Å². The van der Waals surface area contributed by atoms with Crippen LogP contribution in [0.3, 0.4) is 0 Å². The number of halogens is 2. The van der Waals surface area contributed by atoms with E-state index in [4.69, 9.17) is 11.6 Å². The third-order valence-electron chi connectivity index (χ3n) is 1.15. The highest BCUT2D eigenvalue weighted by atomic mass is 35.5. The Labute approximate surface area is 65.7 Å². The molecule has 0 aromatic rings. The lowest BCUT2D eigenvalue weighted by Gasteiger charge is -1.99. The Morgan fingerprint density at radius 3 is 2.30 bits per heavy atom. The van der Waals surface area contributed by atoms with Crippen LogP contribution < -0.4 is 0 Å². The summed E-state index contributed by atoms with van der Waals surface area (Å²) in [7, 11) is 0. The minimum atomic E-state index is -0.387. The van der Waals surface area contributed by atoms with E-state index in [1.807, 2.05) is 6.92 Å². The summed E-state index contributed by atoms with van der Waals surface area (Å²) in [5.74, 6) is -0.387. The van der Waals surface area contributed by atoms with Crippen molar-refractivity contribution < 1.29 is 4.39 Å². The van der Waals surface area contributed by atoms with Gasteiger partial charge in [-0.2, -0.15) is 0 Å². The number of hydrogen-bond acceptors (Lipinski definition) is 0. The zero-order valence-electron chi connectivity index (χ0n) is 5.95. The molecule has 0 N–H and O–H groups in total. The first kappa shape index (κ1) is 9.44. The van der Waals surface area contributed by atoms with Gasteiger partial charge >= 0.3 is 0 Å². The lowest BCUT2D eigenvalue weighted by Crippen LogP contribution is -1.82. The minimum absolute atomic E-state index is 0.250. The number of allylic oxidation sites excluding steroid dienone is 4. The van der Waals surface area contributed by atoms with Gasteiger partial charge < -0.3 is 0 Å². The van der Waals surface area contributed by atoms with Crippen LogP contribution in [0.1, 0.15) is 13.3 Å². The average Bonchev–Trinajstić information content (AvgIpc) is 1.88. The van der Waals surface area contributed by atoms with Gasteiger partial charge in [-0.25, -0.2) is 4.39 Å². The molecule has 0 aromatic carbocycles. The molecular formula is C8H10ClF. The quantitative estimate of drug-likeness (QED) is 0.554. The van der Waals surface area contributed by atoms with E-state index >= 15 is 0 Å². The first-order valence-electron chi connectivity index (χ1n) is 2.99. The largest absolute Gasteiger partial charge is 0.207 e. The van der Waals surface area contributed by atoms with Gasteiger partial charge in [0.2, 0.25) is 0 Å². The Morgan fingerprint density at radius 2 is 2.20 bits per heavy atom. The molecule has 0 bridgehead atoms. The Bertz CT molecular complexity index is 180. The minimum Gasteiger partial charge on any atom is -0.207 e. The van der Waals surface area contributed by atoms with Gasteiger partial charge in [0.05, 0.1) is 0 Å². The van der Waals surface area contributed by atoms with E-state index in [0.29, 0.717) is 12.0 Å². The fourth-order valence-electron chi connectivity index (χ4n) is 0.613. The summed E-state index contributed by atoms with van der Waals surface area (Å²) in [6.45, 7) is 8.51. The molecule has 0 saturated carbocycles. The van der Waals surface area contributed by atoms with Gasteiger partial charge in [-0.3, -0.25) is 0 Å². The monoisotopic (exact) mass is 160 g/mol. The first-order valence-corrected chi connectivity index (χ1v) is 3.37. The van der Waals surface area contributed by atoms with Crippen molar-refractivity contribution in [3.63, 3.8) is 0 Å². The van der Waals surface area contributed by atoms with E-state index in [1.54, 1.807) is 0 Å². The van der Waals surface area contributed by atoms with Gasteiger partial charge in [0.25, 0.3) is 0 Å². The van der Waals surface area contributed by atoms with Crippen LogP contribution in [0.15, 0.2) is 35.7 Å². The van der Waals surface area contributed by atoms with Crippen LogP contribution in [0.4, 0.5) is 4.39 Å². The summed E-state index contributed by atoms with van der Waals surface area (Å²) in [6, 6.07) is 0. The topological polar surface area (TPSA) is 0 Å². The van der Waals surface area contributed by atoms with Crippen molar-refractivity contribution in [3.05, 3.63) is 35.7 Å². The molecule has 0 saturated heterocycles. The molecule has 0 aliphatic rings. The maximum absolute atomic E-state index is 12.7. The standard InChI is InChI=1S/C8H10ClF/c1-4-7(6(3)9)8(10)5-2/h5H,2-4H2,1H3/b8-7+. The van der Waals surface area contributed by atoms with Crippen molar-refractivity contribution in [2.75, 3.05) is 0 Å². The van der Waals surface area contributed by atoms with Gasteiger partial charge in [-0.1, -0.05) is 31.7 Å². The average molecular weight is 161 g/mol. The highest BCUT2D eigenvalue weighted by Crippen LogP contribution is 2.21. The van der Waals surface area contributed by atoms with Gasteiger partial charge in [0, 0.05) is 10.6 Å². The molecule has 0 aliphatic carbocycles. The van der Waals surface area contributed by atoms with Gasteiger partial charge in [0.15, 0.2) is 0 Å². The molecule has 0 heterocycles. The maximum atomic E-state index is 12.7. The van der Waals surface area contributed by atoms with E-state index in [-0.39, 0.29) is 10.9 Å². The zero-order chi connectivity index (χ0) is 8.15. The van der Waals surface area contributed by atoms with Gasteiger partial charge in [-0.15, -0.1) is 0 Å². The fourth-order valence-corrected chi connectivity index (χ4v) is 0.837. The SMILES string of the molecule is C=C/C(F)=C(/CC)C(=C)Cl. The second kappa shape index (κ2) is 4.29. The van der Waals surface area contributed by atoms with Crippen LogP contribution in [0, 0.1) is 0 Å². The fraction of sp³-hybridized carbons (Fsp3) is 0.250. The Hall–Kier alpha value is -0.560. The van der Waals surface area contributed by atoms with Crippen LogP contribution in [0.2, 0.25) is 0 Å². The van der Waals surface area contributed by atoms with E-state index in [2.05, 4.69) is 13.2 Å². The molecule has 0 nitrogen and oxygen atoms in total. The summed E-state index contributed by atoms with van der Waals surface area (Å²) in [6.07, 6.45) is 1.67. The molecule has 0 fully saturated rings. The third kappa shape index (κ3) is 2.36. The van der Waals surface area contributed by atoms with Crippen LogP contribution >= 0.6 is 11.6 Å². The van der Waals surface area contributed by atoms with Crippen molar-refractivity contribution in [1.29, 1.82) is 0 Å². The highest BCUT2D eigenvalue weighted by Gasteiger charge is 2.02. The molecule has 0 spiro atoms. The molecule has 0 amide bonds. The lowest BCUT2D eigenvalue weighted by atomic mass is 10.2. The van der Waals surface area contributed by atoms with Crippen molar-refractivity contribution in [2.24, 2.45) is 0 Å². The van der Waals surface area contributed by atoms with Crippen molar-refractivity contribution >= 4 is 11.6 Å². The van der Waals surface area contributed by atoms with Crippen LogP contribution in [0.25, 0.3) is 0 Å². The third-order valence-corrected chi connectivity index (χ3v) is 1.38. The van der Waals surface area contributed by atoms with E-state index in [1.165, 1.54) is 0 Å². The van der Waals surface area contributed by atoms with E-state index in [0.717, 1.165) is 6.08 Å². The lowest BCUT2D eigenvalue weighted by molar-refractivity contribution is 0.653. The van der Waals surface area contributed by atoms with Crippen LogP contribution in [0.5, 0.6) is 0 Å². The first-order chi connectivity index (χ1) is 4.63. The summed E-state index contributed by atoms with van der Waals surface area (Å²) in [5, 5.41) is 0.250. The molecular weight excluding hydrogens is 151 g/mol. The zero-order valence-corrected chi connectivity index (χ0v) is 6.71. The molecule has 0 aliphatic heterocycles. The Balaban J connectivity index is 4.62. The number of rotatable bonds is 3. The summed E-state index contributed by atoms with van der Waals surface area (Å²) in [5.41, 5.74) is 0.427. The second-order valence-electron chi connectivity index (χ2n) is 1.79. The molecule has 10 heavy (non-hydrogen) atoms. The molecule has 0 unspecified atom stereocenters. The normalized spacial score (nSPS) is 12.3. The summed E-state index contributed by atoms with van der Waals surface area (Å²) in [4.78, 5) is 0. The highest BCUT2D eigenvalue weighted by molar-refractivity contribution is 6.31. The molecule has 0 atom stereocenters. The maximum Gasteiger partial charge on any atom is 0.127 e. The van der Waals surface area contributed by atoms with Gasteiger partial charge in [0.1, 0.15) is 5.83 Å². The van der Waals surface area contributed by atoms with Crippen LogP contribution in [-0.4, -0.2) is 0 Å². The Morgan fingerprint density at radius 1 is 1.70 bits per heavy atom. The smallest absolute Gasteiger partial charge is 0.127 e. The van der Waals surface area contributed by atoms with Crippen LogP contribution in [-0.2, 0) is 0 Å². The predicted octanol–water partition coefficient (Wildman–Crippen LogP) is 3.56. The molecule has 0 rings (SSSR count). The number of hydrogen-bond donors (Lipinski definition) is 0. The van der Waals surface area contributed by atoms with E-state index in [9.17, 15) is 4.39 Å². The van der Waals surface area contributed by atoms with Gasteiger partial charge in [-0.05, 0) is 12.5 Å². The van der Waals surface area contributed by atoms with E-state index < -0.39 is 0 Å². The summed E-state index contributed by atoms with van der Waals surface area (Å²) < 4.78 is 12.7. The molecule has 0 radical (unpaired) electrons. The summed E-state index contributed by atoms with van der Waals surface area (Å²) >= 11 is 5.48. The van der Waals surface area contributed by atoms with Crippen molar-refractivity contribution in [3.8, 4) is 0 Å². The Kier molecular flexibility index (Phi) is 4.05.